The van der Waals surface area contributed by atoms with Crippen LogP contribution in [0.15, 0.2) is 59.1 Å². The van der Waals surface area contributed by atoms with Gasteiger partial charge in [0.15, 0.2) is 9.84 Å². The molecule has 0 aromatic heterocycles. The van der Waals surface area contributed by atoms with Crippen LogP contribution >= 0.6 is 28.3 Å². The van der Waals surface area contributed by atoms with E-state index in [2.05, 4.69) is 26.6 Å². The summed E-state index contributed by atoms with van der Waals surface area (Å²) in [6.45, 7) is 3.91. The SMILES string of the molecule is CCNC(C)C(=O)NC1CN(C(=O)CS(C)(=O)=O)c2ccccc2N(Cc2c(OC)ccc3c(Br)cccc23)C1=O.Cl. The lowest BCUT2D eigenvalue weighted by atomic mass is 10.0. The van der Waals surface area contributed by atoms with Gasteiger partial charge >= 0.3 is 0 Å². The molecule has 0 bridgehead atoms. The zero-order valence-electron chi connectivity index (χ0n) is 23.7. The van der Waals surface area contributed by atoms with E-state index in [0.717, 1.165) is 27.1 Å². The topological polar surface area (TPSA) is 125 Å². The van der Waals surface area contributed by atoms with Crippen LogP contribution in [0.25, 0.3) is 10.8 Å². The Balaban J connectivity index is 0.00000484. The molecule has 3 aromatic carbocycles. The number of fused-ring (bicyclic) bond motifs is 2. The van der Waals surface area contributed by atoms with E-state index in [0.29, 0.717) is 23.7 Å². The largest absolute Gasteiger partial charge is 0.496 e. The molecule has 0 radical (unpaired) electrons. The second-order valence-corrected chi connectivity index (χ2v) is 12.9. The van der Waals surface area contributed by atoms with Crippen molar-refractivity contribution in [3.05, 3.63) is 64.6 Å². The van der Waals surface area contributed by atoms with Gasteiger partial charge in [-0.2, -0.15) is 0 Å². The molecule has 226 valence electrons. The van der Waals surface area contributed by atoms with Crippen LogP contribution in [0.4, 0.5) is 11.4 Å². The molecule has 3 aromatic rings. The Hall–Kier alpha value is -3.19. The molecule has 13 heteroatoms. The summed E-state index contributed by atoms with van der Waals surface area (Å²) >= 11 is 3.60. The minimum atomic E-state index is -3.67. The van der Waals surface area contributed by atoms with Crippen LogP contribution in [0.1, 0.15) is 19.4 Å². The summed E-state index contributed by atoms with van der Waals surface area (Å²) in [7, 11) is -2.12. The van der Waals surface area contributed by atoms with Gasteiger partial charge in [0.1, 0.15) is 17.5 Å². The molecule has 0 spiro atoms. The number of nitrogens with one attached hydrogen (secondary N) is 2. The Bertz CT molecular complexity index is 1600. The van der Waals surface area contributed by atoms with Crippen molar-refractivity contribution in [2.75, 3.05) is 42.0 Å². The molecule has 4 rings (SSSR count). The van der Waals surface area contributed by atoms with Gasteiger partial charge in [0.25, 0.3) is 5.91 Å². The molecular weight excluding hydrogens is 648 g/mol. The lowest BCUT2D eigenvalue weighted by molar-refractivity contribution is -0.128. The number of methoxy groups -OCH3 is 1. The lowest BCUT2D eigenvalue weighted by Gasteiger charge is -2.27. The van der Waals surface area contributed by atoms with Gasteiger partial charge in [-0.05, 0) is 54.6 Å². The number of carbonyl (C=O) groups excluding carboxylic acids is 3. The van der Waals surface area contributed by atoms with Gasteiger partial charge in [-0.25, -0.2) is 8.42 Å². The zero-order valence-corrected chi connectivity index (χ0v) is 26.9. The molecule has 42 heavy (non-hydrogen) atoms. The Kier molecular flexibility index (Phi) is 11.0. The number of likely N-dealkylation sites (N-methyl/N-ethyl adjacent to an activating group) is 1. The molecule has 2 atom stereocenters. The fourth-order valence-electron chi connectivity index (χ4n) is 4.97. The van der Waals surface area contributed by atoms with E-state index in [1.165, 1.54) is 9.80 Å². The number of nitrogens with zero attached hydrogens (tertiary/aromatic N) is 2. The molecule has 1 heterocycles. The van der Waals surface area contributed by atoms with Crippen molar-refractivity contribution in [2.24, 2.45) is 0 Å². The van der Waals surface area contributed by atoms with E-state index in [1.807, 2.05) is 37.3 Å². The standard InChI is InChI=1S/C29H33BrN4O6S.ClH/c1-5-31-18(2)28(36)32-23-16-33(27(35)17-41(4,38)39)24-11-6-7-12-25(24)34(29(23)37)15-21-19-9-8-10-22(30)20(19)13-14-26(21)40-3;/h6-14,18,23,31H,5,15-17H2,1-4H3,(H,32,36);1H. The first-order valence-electron chi connectivity index (χ1n) is 13.1. The highest BCUT2D eigenvalue weighted by Gasteiger charge is 2.38. The van der Waals surface area contributed by atoms with Gasteiger partial charge < -0.3 is 25.2 Å². The molecule has 0 saturated carbocycles. The number of benzene rings is 3. The van der Waals surface area contributed by atoms with Crippen LogP contribution in [0.5, 0.6) is 5.75 Å². The van der Waals surface area contributed by atoms with Crippen molar-refractivity contribution in [2.45, 2.75) is 32.5 Å². The fraction of sp³-hybridized carbons (Fsp3) is 0.345. The first-order chi connectivity index (χ1) is 19.4. The predicted octanol–water partition coefficient (Wildman–Crippen LogP) is 3.44. The smallest absolute Gasteiger partial charge is 0.251 e. The summed E-state index contributed by atoms with van der Waals surface area (Å²) in [5.74, 6) is -1.73. The third-order valence-electron chi connectivity index (χ3n) is 6.91. The molecule has 0 fully saturated rings. The quantitative estimate of drug-likeness (QED) is 0.355. The number of halogens is 2. The second kappa shape index (κ2) is 13.9. The molecule has 2 N–H and O–H groups in total. The van der Waals surface area contributed by atoms with E-state index in [1.54, 1.807) is 38.3 Å². The van der Waals surface area contributed by atoms with Crippen molar-refractivity contribution in [1.82, 2.24) is 10.6 Å². The summed E-state index contributed by atoms with van der Waals surface area (Å²) in [5, 5.41) is 7.60. The van der Waals surface area contributed by atoms with Gasteiger partial charge in [-0.1, -0.05) is 47.1 Å². The summed E-state index contributed by atoms with van der Waals surface area (Å²) in [6, 6.07) is 14.6. The molecule has 0 aliphatic carbocycles. The summed E-state index contributed by atoms with van der Waals surface area (Å²) < 4.78 is 30.7. The van der Waals surface area contributed by atoms with Gasteiger partial charge in [-0.15, -0.1) is 12.4 Å². The highest BCUT2D eigenvalue weighted by molar-refractivity contribution is 9.10. The first-order valence-corrected chi connectivity index (χ1v) is 16.0. The van der Waals surface area contributed by atoms with Gasteiger partial charge in [0, 0.05) is 16.3 Å². The van der Waals surface area contributed by atoms with Crippen LogP contribution in [0.3, 0.4) is 0 Å². The number of carbonyl (C=O) groups is 3. The average Bonchev–Trinajstić information content (AvgIpc) is 3.03. The number of hydrogen-bond donors (Lipinski definition) is 2. The highest BCUT2D eigenvalue weighted by Crippen LogP contribution is 2.38. The summed E-state index contributed by atoms with van der Waals surface area (Å²) in [4.78, 5) is 43.5. The fourth-order valence-corrected chi connectivity index (χ4v) is 6.07. The van der Waals surface area contributed by atoms with E-state index >= 15 is 0 Å². The monoisotopic (exact) mass is 680 g/mol. The van der Waals surface area contributed by atoms with E-state index in [4.69, 9.17) is 4.74 Å². The average molecular weight is 682 g/mol. The number of hydrogen-bond acceptors (Lipinski definition) is 7. The Morgan fingerprint density at radius 2 is 1.76 bits per heavy atom. The van der Waals surface area contributed by atoms with E-state index < -0.39 is 45.4 Å². The van der Waals surface area contributed by atoms with Crippen LogP contribution < -0.4 is 25.2 Å². The third-order valence-corrected chi connectivity index (χ3v) is 8.38. The van der Waals surface area contributed by atoms with Crippen molar-refractivity contribution in [3.8, 4) is 5.75 Å². The van der Waals surface area contributed by atoms with Gasteiger partial charge in [0.05, 0.1) is 37.6 Å². The van der Waals surface area contributed by atoms with Crippen LogP contribution in [0, 0.1) is 0 Å². The first kappa shape index (κ1) is 33.3. The second-order valence-electron chi connectivity index (χ2n) is 9.91. The minimum Gasteiger partial charge on any atom is -0.496 e. The highest BCUT2D eigenvalue weighted by atomic mass is 79.9. The normalized spacial score (nSPS) is 15.8. The molecule has 0 saturated heterocycles. The molecule has 2 unspecified atom stereocenters. The number of rotatable bonds is 9. The van der Waals surface area contributed by atoms with Crippen molar-refractivity contribution >= 4 is 78.0 Å². The van der Waals surface area contributed by atoms with Gasteiger partial charge in [0.2, 0.25) is 11.8 Å². The Labute approximate surface area is 260 Å². The number of anilines is 2. The molecule has 3 amide bonds. The number of sulfone groups is 1. The summed E-state index contributed by atoms with van der Waals surface area (Å²) in [6.07, 6.45) is 0.981. The zero-order chi connectivity index (χ0) is 29.9. The van der Waals surface area contributed by atoms with Gasteiger partial charge in [-0.3, -0.25) is 14.4 Å². The minimum absolute atomic E-state index is 0. The molecule has 1 aliphatic rings. The van der Waals surface area contributed by atoms with Crippen LogP contribution in [-0.4, -0.2) is 70.4 Å². The Morgan fingerprint density at radius 1 is 1.07 bits per heavy atom. The van der Waals surface area contributed by atoms with Crippen molar-refractivity contribution in [1.29, 1.82) is 0 Å². The number of ether oxygens (including phenoxy) is 1. The van der Waals surface area contributed by atoms with Crippen LogP contribution in [-0.2, 0) is 30.8 Å². The maximum absolute atomic E-state index is 14.3. The summed E-state index contributed by atoms with van der Waals surface area (Å²) in [5.41, 5.74) is 1.51. The maximum atomic E-state index is 14.3. The Morgan fingerprint density at radius 3 is 2.40 bits per heavy atom. The van der Waals surface area contributed by atoms with E-state index in [-0.39, 0.29) is 25.5 Å². The van der Waals surface area contributed by atoms with E-state index in [9.17, 15) is 22.8 Å². The van der Waals surface area contributed by atoms with Crippen molar-refractivity contribution in [3.63, 3.8) is 0 Å². The van der Waals surface area contributed by atoms with Crippen molar-refractivity contribution < 1.29 is 27.5 Å². The van der Waals surface area contributed by atoms with Crippen LogP contribution in [0.2, 0.25) is 0 Å². The predicted molar refractivity (Wildman–Crippen MR) is 170 cm³/mol. The lowest BCUT2D eigenvalue weighted by Crippen LogP contribution is -2.56. The third kappa shape index (κ3) is 7.23. The number of para-hydroxylation sites is 2. The molecule has 10 nitrogen and oxygen atoms in total. The number of amides is 3. The molecular formula is C29H34BrClN4O6S. The molecule has 1 aliphatic heterocycles. The maximum Gasteiger partial charge on any atom is 0.251 e.